The van der Waals surface area contributed by atoms with Crippen LogP contribution in [0, 0.1) is 10.1 Å². The van der Waals surface area contributed by atoms with E-state index in [-0.39, 0.29) is 11.6 Å². The summed E-state index contributed by atoms with van der Waals surface area (Å²) in [6.45, 7) is 11.8. The first kappa shape index (κ1) is 28.5. The normalized spacial score (nSPS) is 14.4. The van der Waals surface area contributed by atoms with Crippen molar-refractivity contribution in [1.29, 1.82) is 0 Å². The van der Waals surface area contributed by atoms with Crippen LogP contribution in [0.15, 0.2) is 54.9 Å². The molecule has 4 heterocycles. The second kappa shape index (κ2) is 12.2. The third-order valence-corrected chi connectivity index (χ3v) is 8.59. The number of nitro groups is 1. The van der Waals surface area contributed by atoms with Crippen molar-refractivity contribution >= 4 is 42.2 Å². The molecule has 0 amide bonds. The van der Waals surface area contributed by atoms with Gasteiger partial charge in [-0.1, -0.05) is 25.7 Å². The standard InChI is InChI=1S/C28H36N8O4Si/c1-33-12-14-34(15-13-33)25-9-8-21(19-29-25)30-28-31-26-24(10-11-35(26)20-39-16-17-41(2,3)4)27(32-28)40-23-7-5-6-22(18-23)36(37)38/h5-11,18-19H,12-17,20H2,1-4H3,(H,30,31,32). The zero-order valence-corrected chi connectivity index (χ0v) is 24.9. The first-order valence-electron chi connectivity index (χ1n) is 13.7. The Labute approximate surface area is 240 Å². The van der Waals surface area contributed by atoms with Gasteiger partial charge in [-0.25, -0.2) is 4.98 Å². The summed E-state index contributed by atoms with van der Waals surface area (Å²) >= 11 is 0. The summed E-state index contributed by atoms with van der Waals surface area (Å²) in [5, 5.41) is 15.2. The van der Waals surface area contributed by atoms with Gasteiger partial charge in [0, 0.05) is 53.1 Å². The van der Waals surface area contributed by atoms with Crippen LogP contribution in [-0.4, -0.2) is 77.2 Å². The minimum Gasteiger partial charge on any atom is -0.438 e. The van der Waals surface area contributed by atoms with Crippen LogP contribution in [0.25, 0.3) is 11.0 Å². The molecule has 216 valence electrons. The number of nitrogens with zero attached hydrogens (tertiary/aromatic N) is 7. The summed E-state index contributed by atoms with van der Waals surface area (Å²) in [6, 6.07) is 12.9. The van der Waals surface area contributed by atoms with Crippen molar-refractivity contribution in [3.05, 3.63) is 65.0 Å². The van der Waals surface area contributed by atoms with Crippen molar-refractivity contribution in [1.82, 2.24) is 24.4 Å². The fraction of sp³-hybridized carbons (Fsp3) is 0.393. The monoisotopic (exact) mass is 576 g/mol. The molecular formula is C28H36N8O4Si. The molecule has 0 saturated carbocycles. The number of rotatable bonds is 11. The largest absolute Gasteiger partial charge is 0.438 e. The number of piperazine rings is 1. The van der Waals surface area contributed by atoms with Crippen LogP contribution in [0.3, 0.4) is 0 Å². The maximum Gasteiger partial charge on any atom is 0.273 e. The highest BCUT2D eigenvalue weighted by molar-refractivity contribution is 6.76. The lowest BCUT2D eigenvalue weighted by molar-refractivity contribution is -0.384. The average Bonchev–Trinajstić information content (AvgIpc) is 3.35. The van der Waals surface area contributed by atoms with Crippen LogP contribution in [-0.2, 0) is 11.5 Å². The van der Waals surface area contributed by atoms with Gasteiger partial charge in [0.15, 0.2) is 5.65 Å². The summed E-state index contributed by atoms with van der Waals surface area (Å²) in [4.78, 5) is 29.5. The Morgan fingerprint density at radius 3 is 2.59 bits per heavy atom. The number of non-ortho nitro benzene ring substituents is 1. The van der Waals surface area contributed by atoms with Gasteiger partial charge >= 0.3 is 0 Å². The van der Waals surface area contributed by atoms with Gasteiger partial charge in [0.2, 0.25) is 11.8 Å². The van der Waals surface area contributed by atoms with E-state index in [9.17, 15) is 10.1 Å². The predicted octanol–water partition coefficient (Wildman–Crippen LogP) is 5.33. The van der Waals surface area contributed by atoms with Gasteiger partial charge in [0.1, 0.15) is 18.3 Å². The Balaban J connectivity index is 1.40. The molecule has 0 bridgehead atoms. The van der Waals surface area contributed by atoms with Crippen LogP contribution < -0.4 is 15.0 Å². The molecule has 1 saturated heterocycles. The molecule has 0 unspecified atom stereocenters. The molecule has 13 heteroatoms. The Kier molecular flexibility index (Phi) is 8.47. The molecule has 0 spiro atoms. The van der Waals surface area contributed by atoms with Crippen LogP contribution in [0.2, 0.25) is 25.7 Å². The van der Waals surface area contributed by atoms with Gasteiger partial charge in [-0.05, 0) is 37.4 Å². The van der Waals surface area contributed by atoms with Crippen molar-refractivity contribution < 1.29 is 14.4 Å². The number of nitro benzene ring substituents is 1. The number of pyridine rings is 1. The summed E-state index contributed by atoms with van der Waals surface area (Å²) < 4.78 is 14.0. The van der Waals surface area contributed by atoms with E-state index in [1.165, 1.54) is 12.1 Å². The van der Waals surface area contributed by atoms with Gasteiger partial charge in [-0.2, -0.15) is 9.97 Å². The molecule has 1 N–H and O–H groups in total. The fourth-order valence-electron chi connectivity index (χ4n) is 4.40. The molecule has 0 radical (unpaired) electrons. The Hall–Kier alpha value is -4.07. The van der Waals surface area contributed by atoms with E-state index in [1.54, 1.807) is 18.3 Å². The van der Waals surface area contributed by atoms with Crippen molar-refractivity contribution in [2.45, 2.75) is 32.4 Å². The Morgan fingerprint density at radius 1 is 1.07 bits per heavy atom. The predicted molar refractivity (Wildman–Crippen MR) is 162 cm³/mol. The summed E-state index contributed by atoms with van der Waals surface area (Å²) in [5.74, 6) is 1.83. The van der Waals surface area contributed by atoms with E-state index < -0.39 is 13.0 Å². The Bertz CT molecular complexity index is 1500. The lowest BCUT2D eigenvalue weighted by Crippen LogP contribution is -2.44. The maximum atomic E-state index is 11.3. The number of hydrogen-bond acceptors (Lipinski definition) is 10. The molecule has 41 heavy (non-hydrogen) atoms. The van der Waals surface area contributed by atoms with Gasteiger partial charge < -0.3 is 29.2 Å². The molecular weight excluding hydrogens is 540 g/mol. The van der Waals surface area contributed by atoms with Crippen LogP contribution >= 0.6 is 0 Å². The van der Waals surface area contributed by atoms with E-state index >= 15 is 0 Å². The number of fused-ring (bicyclic) bond motifs is 1. The molecule has 0 atom stereocenters. The number of ether oxygens (including phenoxy) is 2. The second-order valence-corrected chi connectivity index (χ2v) is 17.0. The highest BCUT2D eigenvalue weighted by Crippen LogP contribution is 2.32. The van der Waals surface area contributed by atoms with Crippen molar-refractivity contribution in [2.75, 3.05) is 50.1 Å². The van der Waals surface area contributed by atoms with E-state index in [2.05, 4.69) is 51.8 Å². The highest BCUT2D eigenvalue weighted by atomic mass is 28.3. The summed E-state index contributed by atoms with van der Waals surface area (Å²) in [6.07, 6.45) is 3.64. The molecule has 12 nitrogen and oxygen atoms in total. The van der Waals surface area contributed by atoms with Crippen LogP contribution in [0.1, 0.15) is 0 Å². The molecule has 1 aromatic carbocycles. The number of benzene rings is 1. The zero-order valence-electron chi connectivity index (χ0n) is 23.9. The van der Waals surface area contributed by atoms with Crippen molar-refractivity contribution in [3.8, 4) is 11.6 Å². The highest BCUT2D eigenvalue weighted by Gasteiger charge is 2.18. The lowest BCUT2D eigenvalue weighted by Gasteiger charge is -2.33. The van der Waals surface area contributed by atoms with Crippen molar-refractivity contribution in [2.24, 2.45) is 0 Å². The summed E-state index contributed by atoms with van der Waals surface area (Å²) in [5.41, 5.74) is 1.29. The molecule has 5 rings (SSSR count). The van der Waals surface area contributed by atoms with Crippen molar-refractivity contribution in [3.63, 3.8) is 0 Å². The SMILES string of the molecule is CN1CCN(c2ccc(Nc3nc(Oc4cccc([N+](=O)[O-])c4)c4ccn(COCC[Si](C)(C)C)c4n3)cn2)CC1. The first-order chi connectivity index (χ1) is 19.6. The summed E-state index contributed by atoms with van der Waals surface area (Å²) in [7, 11) is 0.909. The Morgan fingerprint density at radius 2 is 1.88 bits per heavy atom. The molecule has 1 fully saturated rings. The van der Waals surface area contributed by atoms with Gasteiger partial charge in [-0.3, -0.25) is 10.1 Å². The average molecular weight is 577 g/mol. The van der Waals surface area contributed by atoms with E-state index in [1.807, 2.05) is 29.0 Å². The smallest absolute Gasteiger partial charge is 0.273 e. The number of hydrogen-bond donors (Lipinski definition) is 1. The third kappa shape index (κ3) is 7.37. The van der Waals surface area contributed by atoms with E-state index in [0.29, 0.717) is 36.1 Å². The van der Waals surface area contributed by atoms with Gasteiger partial charge in [0.05, 0.1) is 28.3 Å². The quantitative estimate of drug-likeness (QED) is 0.108. The number of likely N-dealkylation sites (N-methyl/N-ethyl adjacent to an activating group) is 1. The molecule has 4 aromatic rings. The zero-order chi connectivity index (χ0) is 29.0. The minimum atomic E-state index is -1.22. The molecule has 3 aromatic heterocycles. The second-order valence-electron chi connectivity index (χ2n) is 11.4. The molecule has 1 aliphatic rings. The number of anilines is 3. The van der Waals surface area contributed by atoms with Gasteiger partial charge in [-0.15, -0.1) is 0 Å². The molecule has 0 aliphatic carbocycles. The molecule has 1 aliphatic heterocycles. The topological polar surface area (TPSA) is 124 Å². The lowest BCUT2D eigenvalue weighted by atomic mass is 10.3. The fourth-order valence-corrected chi connectivity index (χ4v) is 5.16. The van der Waals surface area contributed by atoms with Gasteiger partial charge in [0.25, 0.3) is 5.69 Å². The van der Waals surface area contributed by atoms with Crippen LogP contribution in [0.5, 0.6) is 11.6 Å². The maximum absolute atomic E-state index is 11.3. The number of nitrogens with one attached hydrogen (secondary N) is 1. The van der Waals surface area contributed by atoms with E-state index in [4.69, 9.17) is 14.5 Å². The first-order valence-corrected chi connectivity index (χ1v) is 17.4. The third-order valence-electron chi connectivity index (χ3n) is 6.88. The number of aromatic nitrogens is 4. The minimum absolute atomic E-state index is 0.0639. The van der Waals surface area contributed by atoms with E-state index in [0.717, 1.165) is 43.7 Å². The van der Waals surface area contributed by atoms with Crippen LogP contribution in [0.4, 0.5) is 23.1 Å².